The second kappa shape index (κ2) is 10.0. The molecule has 0 unspecified atom stereocenters. The van der Waals surface area contributed by atoms with E-state index in [4.69, 9.17) is 9.47 Å². The van der Waals surface area contributed by atoms with Gasteiger partial charge in [0.1, 0.15) is 11.6 Å². The number of hydrogen-bond acceptors (Lipinski definition) is 4. The average molecular weight is 453 g/mol. The number of methoxy groups -OCH3 is 2. The van der Waals surface area contributed by atoms with E-state index in [1.807, 2.05) is 12.1 Å². The molecule has 3 aromatic carbocycles. The first-order valence-corrected chi connectivity index (χ1v) is 10.8. The number of amides is 1. The van der Waals surface area contributed by atoms with E-state index in [0.717, 1.165) is 29.7 Å². The molecule has 0 saturated carbocycles. The number of nitrogens with zero attached hydrogens (tertiary/aromatic N) is 1. The van der Waals surface area contributed by atoms with E-state index in [-0.39, 0.29) is 23.3 Å². The Morgan fingerprint density at radius 3 is 2.42 bits per heavy atom. The van der Waals surface area contributed by atoms with Gasteiger partial charge in [0.05, 0.1) is 20.3 Å². The Morgan fingerprint density at radius 2 is 1.73 bits per heavy atom. The molecule has 0 aliphatic carbocycles. The van der Waals surface area contributed by atoms with Crippen molar-refractivity contribution in [2.45, 2.75) is 19.0 Å². The smallest absolute Gasteiger partial charge is 0.251 e. The first-order chi connectivity index (χ1) is 16.0. The molecule has 1 heterocycles. The van der Waals surface area contributed by atoms with Gasteiger partial charge in [-0.25, -0.2) is 8.78 Å². The first kappa shape index (κ1) is 22.7. The van der Waals surface area contributed by atoms with Crippen LogP contribution in [-0.4, -0.2) is 38.1 Å². The van der Waals surface area contributed by atoms with Crippen LogP contribution in [0.15, 0.2) is 60.7 Å². The maximum atomic E-state index is 13.6. The third-order valence-corrected chi connectivity index (χ3v) is 5.96. The van der Waals surface area contributed by atoms with E-state index in [2.05, 4.69) is 10.2 Å². The number of benzene rings is 3. The highest BCUT2D eigenvalue weighted by Gasteiger charge is 2.29. The van der Waals surface area contributed by atoms with Crippen LogP contribution in [0.1, 0.15) is 33.1 Å². The van der Waals surface area contributed by atoms with Gasteiger partial charge in [0.15, 0.2) is 11.5 Å². The molecule has 1 aliphatic heterocycles. The number of nitrogens with one attached hydrogen (secondary N) is 1. The summed E-state index contributed by atoms with van der Waals surface area (Å²) in [6, 6.07) is 15.8. The third-order valence-electron chi connectivity index (χ3n) is 5.96. The molecule has 1 N–H and O–H groups in total. The standard InChI is InChI=1S/C26H26F2N2O3/c1-32-24-13-18-10-11-30(16-17-6-8-20(27)9-7-17)23(22(18)14-25(24)33-2)15-29-26(31)19-4-3-5-21(28)12-19/h3-9,12-14,23H,10-11,15-16H2,1-2H3,(H,29,31)/t23-/m1/s1. The van der Waals surface area contributed by atoms with Crippen LogP contribution in [0.5, 0.6) is 11.5 Å². The molecule has 0 spiro atoms. The van der Waals surface area contributed by atoms with Crippen molar-refractivity contribution in [3.05, 3.63) is 94.6 Å². The molecular formula is C26H26F2N2O3. The predicted molar refractivity (Wildman–Crippen MR) is 122 cm³/mol. The lowest BCUT2D eigenvalue weighted by Gasteiger charge is -2.38. The van der Waals surface area contributed by atoms with Crippen molar-refractivity contribution in [2.75, 3.05) is 27.3 Å². The summed E-state index contributed by atoms with van der Waals surface area (Å²) in [5.74, 6) is 0.190. The Labute approximate surface area is 191 Å². The number of carbonyl (C=O) groups excluding carboxylic acids is 1. The first-order valence-electron chi connectivity index (χ1n) is 10.8. The number of rotatable bonds is 7. The lowest BCUT2D eigenvalue weighted by molar-refractivity contribution is 0.0925. The zero-order chi connectivity index (χ0) is 23.4. The summed E-state index contributed by atoms with van der Waals surface area (Å²) < 4.78 is 37.9. The molecule has 0 bridgehead atoms. The van der Waals surface area contributed by atoms with E-state index in [9.17, 15) is 13.6 Å². The van der Waals surface area contributed by atoms with Crippen molar-refractivity contribution >= 4 is 5.91 Å². The van der Waals surface area contributed by atoms with E-state index in [0.29, 0.717) is 24.6 Å². The number of carbonyl (C=O) groups is 1. The van der Waals surface area contributed by atoms with Crippen LogP contribution in [0.2, 0.25) is 0 Å². The molecule has 33 heavy (non-hydrogen) atoms. The van der Waals surface area contributed by atoms with Gasteiger partial charge in [0, 0.05) is 25.2 Å². The molecule has 1 amide bonds. The molecule has 1 aliphatic rings. The van der Waals surface area contributed by atoms with E-state index in [1.165, 1.54) is 30.3 Å². The molecule has 7 heteroatoms. The fraction of sp³-hybridized carbons (Fsp3) is 0.269. The molecule has 0 radical (unpaired) electrons. The summed E-state index contributed by atoms with van der Waals surface area (Å²) >= 11 is 0. The van der Waals surface area contributed by atoms with Gasteiger partial charge in [-0.1, -0.05) is 18.2 Å². The maximum Gasteiger partial charge on any atom is 0.251 e. The van der Waals surface area contributed by atoms with Crippen molar-refractivity contribution in [1.82, 2.24) is 10.2 Å². The highest BCUT2D eigenvalue weighted by molar-refractivity contribution is 5.94. The van der Waals surface area contributed by atoms with E-state index < -0.39 is 5.82 Å². The number of ether oxygens (including phenoxy) is 2. The quantitative estimate of drug-likeness (QED) is 0.573. The van der Waals surface area contributed by atoms with E-state index in [1.54, 1.807) is 32.4 Å². The Balaban J connectivity index is 1.62. The second-order valence-corrected chi connectivity index (χ2v) is 7.99. The van der Waals surface area contributed by atoms with Gasteiger partial charge in [-0.15, -0.1) is 0 Å². The Hall–Kier alpha value is -3.45. The summed E-state index contributed by atoms with van der Waals surface area (Å²) in [6.07, 6.45) is 0.797. The number of halogens is 2. The third kappa shape index (κ3) is 5.14. The van der Waals surface area contributed by atoms with Crippen molar-refractivity contribution in [3.8, 4) is 11.5 Å². The van der Waals surface area contributed by atoms with Crippen LogP contribution in [0, 0.1) is 11.6 Å². The number of fused-ring (bicyclic) bond motifs is 1. The molecule has 5 nitrogen and oxygen atoms in total. The summed E-state index contributed by atoms with van der Waals surface area (Å²) in [5, 5.41) is 2.95. The Bertz CT molecular complexity index is 1130. The average Bonchev–Trinajstić information content (AvgIpc) is 2.83. The topological polar surface area (TPSA) is 50.8 Å². The molecule has 172 valence electrons. The Morgan fingerprint density at radius 1 is 1.00 bits per heavy atom. The minimum atomic E-state index is -0.458. The predicted octanol–water partition coefficient (Wildman–Crippen LogP) is 4.51. The SMILES string of the molecule is COc1cc2c(cc1OC)[C@@H](CNC(=O)c1cccc(F)c1)N(Cc1ccc(F)cc1)CC2. The highest BCUT2D eigenvalue weighted by Crippen LogP contribution is 2.38. The minimum Gasteiger partial charge on any atom is -0.493 e. The van der Waals surface area contributed by atoms with Gasteiger partial charge in [0.25, 0.3) is 5.91 Å². The second-order valence-electron chi connectivity index (χ2n) is 7.99. The maximum absolute atomic E-state index is 13.6. The van der Waals surface area contributed by atoms with Gasteiger partial charge in [-0.2, -0.15) is 0 Å². The van der Waals surface area contributed by atoms with Crippen LogP contribution >= 0.6 is 0 Å². The molecule has 4 rings (SSSR count). The molecule has 1 atom stereocenters. The van der Waals surface area contributed by atoms with Crippen molar-refractivity contribution in [2.24, 2.45) is 0 Å². The van der Waals surface area contributed by atoms with Gasteiger partial charge in [0.2, 0.25) is 0 Å². The van der Waals surface area contributed by atoms with Crippen LogP contribution in [-0.2, 0) is 13.0 Å². The largest absolute Gasteiger partial charge is 0.493 e. The normalized spacial score (nSPS) is 15.6. The van der Waals surface area contributed by atoms with Gasteiger partial charge < -0.3 is 14.8 Å². The van der Waals surface area contributed by atoms with Gasteiger partial charge in [-0.3, -0.25) is 9.69 Å². The van der Waals surface area contributed by atoms with Gasteiger partial charge >= 0.3 is 0 Å². The molecule has 0 saturated heterocycles. The van der Waals surface area contributed by atoms with Crippen LogP contribution in [0.3, 0.4) is 0 Å². The highest BCUT2D eigenvalue weighted by atomic mass is 19.1. The molecular weight excluding hydrogens is 426 g/mol. The lowest BCUT2D eigenvalue weighted by atomic mass is 9.91. The van der Waals surface area contributed by atoms with Crippen molar-refractivity contribution in [1.29, 1.82) is 0 Å². The molecule has 0 aromatic heterocycles. The van der Waals surface area contributed by atoms with Crippen LogP contribution in [0.4, 0.5) is 8.78 Å². The molecule has 0 fully saturated rings. The van der Waals surface area contributed by atoms with Crippen LogP contribution in [0.25, 0.3) is 0 Å². The summed E-state index contributed by atoms with van der Waals surface area (Å²) in [4.78, 5) is 14.9. The Kier molecular flexibility index (Phi) is 6.89. The van der Waals surface area contributed by atoms with Crippen molar-refractivity contribution < 1.29 is 23.0 Å². The minimum absolute atomic E-state index is 0.156. The van der Waals surface area contributed by atoms with Gasteiger partial charge in [-0.05, 0) is 65.6 Å². The zero-order valence-electron chi connectivity index (χ0n) is 18.6. The fourth-order valence-corrected chi connectivity index (χ4v) is 4.25. The fourth-order valence-electron chi connectivity index (χ4n) is 4.25. The molecule has 3 aromatic rings. The lowest BCUT2D eigenvalue weighted by Crippen LogP contribution is -2.41. The van der Waals surface area contributed by atoms with Crippen LogP contribution < -0.4 is 14.8 Å². The van der Waals surface area contributed by atoms with E-state index >= 15 is 0 Å². The summed E-state index contributed by atoms with van der Waals surface area (Å²) in [7, 11) is 3.19. The number of hydrogen-bond donors (Lipinski definition) is 1. The van der Waals surface area contributed by atoms with Crippen molar-refractivity contribution in [3.63, 3.8) is 0 Å². The summed E-state index contributed by atoms with van der Waals surface area (Å²) in [6.45, 7) is 1.66. The summed E-state index contributed by atoms with van der Waals surface area (Å²) in [5.41, 5.74) is 3.39. The monoisotopic (exact) mass is 452 g/mol. The zero-order valence-corrected chi connectivity index (χ0v) is 18.6.